The Hall–Kier alpha value is -0.130. The Morgan fingerprint density at radius 1 is 1.20 bits per heavy atom. The van der Waals surface area contributed by atoms with E-state index < -0.39 is 10.0 Å². The number of rotatable bonds is 7. The molecule has 0 rings (SSSR count). The molecular weight excluding hydrogens is 212 g/mol. The molecule has 1 atom stereocenters. The van der Waals surface area contributed by atoms with Gasteiger partial charge in [-0.15, -0.1) is 0 Å². The monoisotopic (exact) mass is 236 g/mol. The SMILES string of the molecule is CC(C)CCS(=O)(=O)N(C)CCC(C)N. The molecule has 5 heteroatoms. The van der Waals surface area contributed by atoms with Gasteiger partial charge in [0.15, 0.2) is 0 Å². The first-order chi connectivity index (χ1) is 6.75. The third kappa shape index (κ3) is 6.87. The Kier molecular flexibility index (Phi) is 6.40. The highest BCUT2D eigenvalue weighted by Crippen LogP contribution is 2.07. The normalized spacial score (nSPS) is 14.9. The fourth-order valence-corrected chi connectivity index (χ4v) is 2.53. The molecule has 0 saturated heterocycles. The van der Waals surface area contributed by atoms with E-state index in [2.05, 4.69) is 0 Å². The zero-order chi connectivity index (χ0) is 12.1. The van der Waals surface area contributed by atoms with Crippen molar-refractivity contribution in [1.82, 2.24) is 4.31 Å². The summed E-state index contributed by atoms with van der Waals surface area (Å²) in [6.07, 6.45) is 1.42. The Balaban J connectivity index is 4.09. The van der Waals surface area contributed by atoms with Gasteiger partial charge >= 0.3 is 0 Å². The van der Waals surface area contributed by atoms with Gasteiger partial charge in [0.25, 0.3) is 0 Å². The zero-order valence-electron chi connectivity index (χ0n) is 10.2. The summed E-state index contributed by atoms with van der Waals surface area (Å²) in [5.74, 6) is 0.654. The topological polar surface area (TPSA) is 63.4 Å². The lowest BCUT2D eigenvalue weighted by atomic mass is 10.2. The maximum absolute atomic E-state index is 11.7. The summed E-state index contributed by atoms with van der Waals surface area (Å²) in [6, 6.07) is 0.0488. The Bertz CT molecular complexity index is 261. The minimum atomic E-state index is -3.07. The molecule has 0 aliphatic carbocycles. The quantitative estimate of drug-likeness (QED) is 0.718. The van der Waals surface area contributed by atoms with Crippen LogP contribution < -0.4 is 5.73 Å². The molecule has 0 aliphatic rings. The molecule has 1 unspecified atom stereocenters. The number of nitrogens with zero attached hydrogens (tertiary/aromatic N) is 1. The fraction of sp³-hybridized carbons (Fsp3) is 1.00. The number of sulfonamides is 1. The van der Waals surface area contributed by atoms with Crippen LogP contribution in [-0.4, -0.2) is 38.1 Å². The van der Waals surface area contributed by atoms with E-state index in [1.54, 1.807) is 7.05 Å². The van der Waals surface area contributed by atoms with Crippen molar-refractivity contribution in [3.05, 3.63) is 0 Å². The molecule has 15 heavy (non-hydrogen) atoms. The van der Waals surface area contributed by atoms with Crippen LogP contribution in [0.25, 0.3) is 0 Å². The molecule has 0 aromatic heterocycles. The van der Waals surface area contributed by atoms with Crippen molar-refractivity contribution in [3.63, 3.8) is 0 Å². The maximum Gasteiger partial charge on any atom is 0.213 e. The summed E-state index contributed by atoms with van der Waals surface area (Å²) in [6.45, 7) is 6.45. The molecular formula is C10H24N2O2S. The van der Waals surface area contributed by atoms with E-state index in [0.29, 0.717) is 25.3 Å². The van der Waals surface area contributed by atoms with Crippen LogP contribution in [0.1, 0.15) is 33.6 Å². The van der Waals surface area contributed by atoms with Crippen molar-refractivity contribution in [2.45, 2.75) is 39.7 Å². The molecule has 0 amide bonds. The molecule has 0 fully saturated rings. The van der Waals surface area contributed by atoms with Gasteiger partial charge in [0.05, 0.1) is 5.75 Å². The molecule has 0 aromatic rings. The van der Waals surface area contributed by atoms with Crippen molar-refractivity contribution >= 4 is 10.0 Å². The molecule has 0 bridgehead atoms. The lowest BCUT2D eigenvalue weighted by Crippen LogP contribution is -2.33. The van der Waals surface area contributed by atoms with Gasteiger partial charge in [0.2, 0.25) is 10.0 Å². The minimum Gasteiger partial charge on any atom is -0.328 e. The van der Waals surface area contributed by atoms with Gasteiger partial charge in [0.1, 0.15) is 0 Å². The van der Waals surface area contributed by atoms with Crippen molar-refractivity contribution in [2.75, 3.05) is 19.3 Å². The Morgan fingerprint density at radius 3 is 2.13 bits per heavy atom. The van der Waals surface area contributed by atoms with Gasteiger partial charge in [-0.25, -0.2) is 12.7 Å². The van der Waals surface area contributed by atoms with Crippen molar-refractivity contribution < 1.29 is 8.42 Å². The van der Waals surface area contributed by atoms with Gasteiger partial charge < -0.3 is 5.73 Å². The summed E-state index contributed by atoms with van der Waals surface area (Å²) in [4.78, 5) is 0. The fourth-order valence-electron chi connectivity index (χ4n) is 1.06. The first-order valence-corrected chi connectivity index (χ1v) is 7.06. The number of nitrogens with two attached hydrogens (primary N) is 1. The van der Waals surface area contributed by atoms with Crippen LogP contribution in [0.2, 0.25) is 0 Å². The molecule has 92 valence electrons. The lowest BCUT2D eigenvalue weighted by Gasteiger charge is -2.18. The molecule has 0 heterocycles. The van der Waals surface area contributed by atoms with Gasteiger partial charge in [-0.05, 0) is 25.7 Å². The molecule has 2 N–H and O–H groups in total. The number of hydrogen-bond donors (Lipinski definition) is 1. The maximum atomic E-state index is 11.7. The van der Waals surface area contributed by atoms with Crippen molar-refractivity contribution in [3.8, 4) is 0 Å². The predicted octanol–water partition coefficient (Wildman–Crippen LogP) is 1.03. The largest absolute Gasteiger partial charge is 0.328 e. The standard InChI is InChI=1S/C10H24N2O2S/c1-9(2)6-8-15(13,14)12(4)7-5-10(3)11/h9-10H,5-8,11H2,1-4H3. The van der Waals surface area contributed by atoms with E-state index in [1.807, 2.05) is 20.8 Å². The Morgan fingerprint density at radius 2 is 1.73 bits per heavy atom. The van der Waals surface area contributed by atoms with Crippen LogP contribution >= 0.6 is 0 Å². The van der Waals surface area contributed by atoms with E-state index in [1.165, 1.54) is 4.31 Å². The first kappa shape index (κ1) is 14.9. The van der Waals surface area contributed by atoms with Crippen LogP contribution in [-0.2, 0) is 10.0 Å². The van der Waals surface area contributed by atoms with Crippen LogP contribution in [0.5, 0.6) is 0 Å². The van der Waals surface area contributed by atoms with Crippen LogP contribution in [0, 0.1) is 5.92 Å². The molecule has 0 spiro atoms. The van der Waals surface area contributed by atoms with E-state index >= 15 is 0 Å². The van der Waals surface area contributed by atoms with E-state index in [0.717, 1.165) is 0 Å². The van der Waals surface area contributed by atoms with E-state index in [4.69, 9.17) is 5.73 Å². The third-order valence-corrected chi connectivity index (χ3v) is 4.21. The molecule has 0 aliphatic heterocycles. The Labute approximate surface area is 93.9 Å². The lowest BCUT2D eigenvalue weighted by molar-refractivity contribution is 0.442. The summed E-state index contributed by atoms with van der Waals surface area (Å²) in [5.41, 5.74) is 5.58. The summed E-state index contributed by atoms with van der Waals surface area (Å²) >= 11 is 0. The highest BCUT2D eigenvalue weighted by molar-refractivity contribution is 7.89. The van der Waals surface area contributed by atoms with Gasteiger partial charge in [0, 0.05) is 19.6 Å². The van der Waals surface area contributed by atoms with Crippen LogP contribution in [0.3, 0.4) is 0 Å². The van der Waals surface area contributed by atoms with Crippen molar-refractivity contribution in [1.29, 1.82) is 0 Å². The summed E-state index contributed by atoms with van der Waals surface area (Å²) in [7, 11) is -1.45. The second-order valence-electron chi connectivity index (χ2n) is 4.59. The average molecular weight is 236 g/mol. The van der Waals surface area contributed by atoms with E-state index in [9.17, 15) is 8.42 Å². The second kappa shape index (κ2) is 6.45. The molecule has 0 radical (unpaired) electrons. The molecule has 0 saturated carbocycles. The first-order valence-electron chi connectivity index (χ1n) is 5.45. The van der Waals surface area contributed by atoms with Crippen LogP contribution in [0.15, 0.2) is 0 Å². The third-order valence-electron chi connectivity index (χ3n) is 2.33. The molecule has 4 nitrogen and oxygen atoms in total. The van der Waals surface area contributed by atoms with Crippen LogP contribution in [0.4, 0.5) is 0 Å². The van der Waals surface area contributed by atoms with Gasteiger partial charge in [-0.1, -0.05) is 13.8 Å². The van der Waals surface area contributed by atoms with E-state index in [-0.39, 0.29) is 11.8 Å². The van der Waals surface area contributed by atoms with Gasteiger partial charge in [-0.3, -0.25) is 0 Å². The summed E-state index contributed by atoms with van der Waals surface area (Å²) in [5, 5.41) is 0. The highest BCUT2D eigenvalue weighted by Gasteiger charge is 2.17. The summed E-state index contributed by atoms with van der Waals surface area (Å²) < 4.78 is 24.9. The van der Waals surface area contributed by atoms with Crippen molar-refractivity contribution in [2.24, 2.45) is 11.7 Å². The zero-order valence-corrected chi connectivity index (χ0v) is 11.0. The second-order valence-corrected chi connectivity index (χ2v) is 6.78. The highest BCUT2D eigenvalue weighted by atomic mass is 32.2. The number of hydrogen-bond acceptors (Lipinski definition) is 3. The minimum absolute atomic E-state index is 0.0488. The smallest absolute Gasteiger partial charge is 0.213 e. The molecule has 0 aromatic carbocycles. The average Bonchev–Trinajstić information content (AvgIpc) is 2.11. The predicted molar refractivity (Wildman–Crippen MR) is 64.1 cm³/mol. The van der Waals surface area contributed by atoms with Gasteiger partial charge in [-0.2, -0.15) is 0 Å².